The Morgan fingerprint density at radius 2 is 2.05 bits per heavy atom. The second-order valence-electron chi connectivity index (χ2n) is 4.41. The number of aliphatic hydroxyl groups is 1. The number of nitrogens with zero attached hydrogens (tertiary/aromatic N) is 1. The zero-order chi connectivity index (χ0) is 14.0. The molecule has 19 heavy (non-hydrogen) atoms. The molecule has 1 aromatic rings. The molecule has 2 rings (SSSR count). The molecule has 7 heteroatoms. The normalized spacial score (nSPS) is 22.3. The van der Waals surface area contributed by atoms with Gasteiger partial charge in [-0.05, 0) is 12.1 Å². The first-order valence-corrected chi connectivity index (χ1v) is 5.82. The van der Waals surface area contributed by atoms with Crippen LogP contribution in [0.1, 0.15) is 6.42 Å². The summed E-state index contributed by atoms with van der Waals surface area (Å²) >= 11 is 0. The summed E-state index contributed by atoms with van der Waals surface area (Å²) in [6.07, 6.45) is -0.785. The van der Waals surface area contributed by atoms with Crippen LogP contribution >= 0.6 is 0 Å². The third-order valence-electron chi connectivity index (χ3n) is 3.03. The van der Waals surface area contributed by atoms with Gasteiger partial charge in [0.1, 0.15) is 6.04 Å². The van der Waals surface area contributed by atoms with Crippen molar-refractivity contribution in [1.82, 2.24) is 4.90 Å². The van der Waals surface area contributed by atoms with Gasteiger partial charge in [-0.25, -0.2) is 9.59 Å². The minimum atomic E-state index is -1.13. The highest BCUT2D eigenvalue weighted by Crippen LogP contribution is 2.22. The van der Waals surface area contributed by atoms with Gasteiger partial charge in [-0.1, -0.05) is 12.1 Å². The number of likely N-dealkylation sites (tertiary alicyclic amines) is 1. The fourth-order valence-electron chi connectivity index (χ4n) is 2.07. The third kappa shape index (κ3) is 2.76. The van der Waals surface area contributed by atoms with E-state index in [2.05, 4.69) is 5.32 Å². The van der Waals surface area contributed by atoms with Crippen LogP contribution in [0.3, 0.4) is 0 Å². The summed E-state index contributed by atoms with van der Waals surface area (Å²) in [5.41, 5.74) is 6.50. The van der Waals surface area contributed by atoms with Crippen LogP contribution in [0, 0.1) is 0 Å². The second-order valence-corrected chi connectivity index (χ2v) is 4.41. The van der Waals surface area contributed by atoms with E-state index < -0.39 is 24.1 Å². The molecule has 1 aliphatic heterocycles. The summed E-state index contributed by atoms with van der Waals surface area (Å²) in [6.45, 7) is -0.00443. The largest absolute Gasteiger partial charge is 0.480 e. The molecule has 0 spiro atoms. The lowest BCUT2D eigenvalue weighted by atomic mass is 10.2. The Hall–Kier alpha value is -2.28. The smallest absolute Gasteiger partial charge is 0.326 e. The Morgan fingerprint density at radius 3 is 2.68 bits per heavy atom. The molecule has 0 unspecified atom stereocenters. The minimum Gasteiger partial charge on any atom is -0.480 e. The zero-order valence-corrected chi connectivity index (χ0v) is 10.1. The highest BCUT2D eigenvalue weighted by molar-refractivity contribution is 5.95. The Labute approximate surface area is 109 Å². The van der Waals surface area contributed by atoms with E-state index >= 15 is 0 Å². The molecule has 1 fully saturated rings. The molecular weight excluding hydrogens is 250 g/mol. The molecule has 0 aliphatic carbocycles. The van der Waals surface area contributed by atoms with Crippen LogP contribution in [0.25, 0.3) is 0 Å². The molecule has 1 aliphatic rings. The van der Waals surface area contributed by atoms with Crippen molar-refractivity contribution in [3.8, 4) is 0 Å². The van der Waals surface area contributed by atoms with E-state index in [0.717, 1.165) is 4.90 Å². The number of aliphatic carboxylic acids is 1. The molecule has 0 saturated carbocycles. The van der Waals surface area contributed by atoms with E-state index in [1.54, 1.807) is 24.3 Å². The number of carboxylic acids is 1. The highest BCUT2D eigenvalue weighted by Gasteiger charge is 2.39. The fourth-order valence-corrected chi connectivity index (χ4v) is 2.07. The number of hydrogen-bond donors (Lipinski definition) is 4. The molecule has 0 radical (unpaired) electrons. The molecule has 5 N–H and O–H groups in total. The van der Waals surface area contributed by atoms with Crippen LogP contribution in [0.5, 0.6) is 0 Å². The summed E-state index contributed by atoms with van der Waals surface area (Å²) in [5.74, 6) is -1.13. The number of carboxylic acid groups (broad SMARTS) is 1. The molecule has 1 heterocycles. The van der Waals surface area contributed by atoms with Gasteiger partial charge in [0.2, 0.25) is 0 Å². The second kappa shape index (κ2) is 5.15. The molecule has 0 aromatic heterocycles. The average molecular weight is 265 g/mol. The fraction of sp³-hybridized carbons (Fsp3) is 0.333. The van der Waals surface area contributed by atoms with Crippen LogP contribution in [-0.2, 0) is 4.79 Å². The van der Waals surface area contributed by atoms with Crippen molar-refractivity contribution in [2.75, 3.05) is 17.6 Å². The summed E-state index contributed by atoms with van der Waals surface area (Å²) in [6, 6.07) is 5.09. The van der Waals surface area contributed by atoms with Crippen molar-refractivity contribution in [1.29, 1.82) is 0 Å². The first-order valence-electron chi connectivity index (χ1n) is 5.82. The van der Waals surface area contributed by atoms with Crippen molar-refractivity contribution in [3.63, 3.8) is 0 Å². The number of nitrogens with two attached hydrogens (primary N) is 1. The van der Waals surface area contributed by atoms with Gasteiger partial charge in [-0.3, -0.25) is 0 Å². The van der Waals surface area contributed by atoms with Crippen LogP contribution in [0.4, 0.5) is 16.2 Å². The lowest BCUT2D eigenvalue weighted by Crippen LogP contribution is -2.43. The van der Waals surface area contributed by atoms with Crippen LogP contribution < -0.4 is 11.1 Å². The molecule has 0 bridgehead atoms. The molecule has 7 nitrogen and oxygen atoms in total. The first kappa shape index (κ1) is 13.2. The maximum absolute atomic E-state index is 12.0. The minimum absolute atomic E-state index is 0.00443. The van der Waals surface area contributed by atoms with E-state index in [0.29, 0.717) is 11.4 Å². The Morgan fingerprint density at radius 1 is 1.37 bits per heavy atom. The number of hydrogen-bond acceptors (Lipinski definition) is 4. The first-order chi connectivity index (χ1) is 8.99. The number of β-amino-alcohol motifs (C(OH)–C–C–N with tert-alkyl or cyclic N) is 1. The van der Waals surface area contributed by atoms with Crippen LogP contribution in [-0.4, -0.2) is 45.8 Å². The van der Waals surface area contributed by atoms with E-state index in [-0.39, 0.29) is 13.0 Å². The third-order valence-corrected chi connectivity index (χ3v) is 3.03. The number of carbonyl (C=O) groups excluding carboxylic acids is 1. The summed E-state index contributed by atoms with van der Waals surface area (Å²) in [7, 11) is 0. The SMILES string of the molecule is Nc1ccccc1NC(=O)N1C[C@H](O)C[C@@H]1C(=O)O. The van der Waals surface area contributed by atoms with Crippen molar-refractivity contribution >= 4 is 23.4 Å². The summed E-state index contributed by atoms with van der Waals surface area (Å²) in [4.78, 5) is 24.1. The van der Waals surface area contributed by atoms with Gasteiger partial charge in [0.05, 0.1) is 17.5 Å². The number of aliphatic hydroxyl groups excluding tert-OH is 1. The van der Waals surface area contributed by atoms with Gasteiger partial charge in [-0.15, -0.1) is 0 Å². The van der Waals surface area contributed by atoms with Crippen LogP contribution in [0.2, 0.25) is 0 Å². The van der Waals surface area contributed by atoms with Gasteiger partial charge in [-0.2, -0.15) is 0 Å². The monoisotopic (exact) mass is 265 g/mol. The van der Waals surface area contributed by atoms with Crippen molar-refractivity contribution in [2.24, 2.45) is 0 Å². The Bertz CT molecular complexity index is 506. The number of benzene rings is 1. The molecule has 2 amide bonds. The molecule has 1 aromatic carbocycles. The van der Waals surface area contributed by atoms with E-state index in [9.17, 15) is 14.7 Å². The Kier molecular flexibility index (Phi) is 3.57. The van der Waals surface area contributed by atoms with Gasteiger partial charge in [0, 0.05) is 13.0 Å². The van der Waals surface area contributed by atoms with E-state index in [1.807, 2.05) is 0 Å². The van der Waals surface area contributed by atoms with Crippen molar-refractivity contribution in [3.05, 3.63) is 24.3 Å². The molecular formula is C12H15N3O4. The Balaban J connectivity index is 2.11. The molecule has 2 atom stereocenters. The highest BCUT2D eigenvalue weighted by atomic mass is 16.4. The number of anilines is 2. The summed E-state index contributed by atoms with van der Waals surface area (Å²) < 4.78 is 0. The van der Waals surface area contributed by atoms with Gasteiger partial charge in [0.25, 0.3) is 0 Å². The van der Waals surface area contributed by atoms with Crippen molar-refractivity contribution < 1.29 is 19.8 Å². The number of nitrogens with one attached hydrogen (secondary N) is 1. The predicted molar refractivity (Wildman–Crippen MR) is 68.6 cm³/mol. The van der Waals surface area contributed by atoms with Gasteiger partial charge in [0.15, 0.2) is 0 Å². The number of para-hydroxylation sites is 2. The van der Waals surface area contributed by atoms with E-state index in [1.165, 1.54) is 0 Å². The molecule has 102 valence electrons. The van der Waals surface area contributed by atoms with Gasteiger partial charge < -0.3 is 26.2 Å². The van der Waals surface area contributed by atoms with Gasteiger partial charge >= 0.3 is 12.0 Å². The average Bonchev–Trinajstić information content (AvgIpc) is 2.74. The maximum atomic E-state index is 12.0. The number of amides is 2. The zero-order valence-electron chi connectivity index (χ0n) is 10.1. The lowest BCUT2D eigenvalue weighted by Gasteiger charge is -2.22. The topological polar surface area (TPSA) is 116 Å². The predicted octanol–water partition coefficient (Wildman–Crippen LogP) is 0.320. The van der Waals surface area contributed by atoms with E-state index in [4.69, 9.17) is 10.8 Å². The van der Waals surface area contributed by atoms with Crippen molar-refractivity contribution in [2.45, 2.75) is 18.6 Å². The number of carbonyl (C=O) groups is 2. The number of nitrogen functional groups attached to an aromatic ring is 1. The number of rotatable bonds is 2. The molecule has 1 saturated heterocycles. The standard InChI is InChI=1S/C12H15N3O4/c13-8-3-1-2-4-9(8)14-12(19)15-6-7(16)5-10(15)11(17)18/h1-4,7,10,16H,5-6,13H2,(H,14,19)(H,17,18)/t7-,10-/m1/s1. The summed E-state index contributed by atoms with van der Waals surface area (Å²) in [5, 5.41) is 21.0. The maximum Gasteiger partial charge on any atom is 0.326 e. The lowest BCUT2D eigenvalue weighted by molar-refractivity contribution is -0.141. The quantitative estimate of drug-likeness (QED) is 0.575. The number of urea groups is 1. The van der Waals surface area contributed by atoms with Crippen LogP contribution in [0.15, 0.2) is 24.3 Å².